The average Bonchev–Trinajstić information content (AvgIpc) is 2.14. The first-order valence-corrected chi connectivity index (χ1v) is 4.96. The smallest absolute Gasteiger partial charge is 0.137 e. The van der Waals surface area contributed by atoms with Crippen LogP contribution in [0.25, 0.3) is 0 Å². The molecule has 2 nitrogen and oxygen atoms in total. The van der Waals surface area contributed by atoms with Crippen LogP contribution in [-0.4, -0.2) is 12.6 Å². The van der Waals surface area contributed by atoms with Crippen molar-refractivity contribution in [1.29, 1.82) is 0 Å². The molecular weight excluding hydrogens is 210 g/mol. The van der Waals surface area contributed by atoms with Gasteiger partial charge in [-0.05, 0) is 32.0 Å². The van der Waals surface area contributed by atoms with Gasteiger partial charge in [-0.3, -0.25) is 0 Å². The number of nitrogens with two attached hydrogens (primary N) is 1. The van der Waals surface area contributed by atoms with Gasteiger partial charge in [0.2, 0.25) is 0 Å². The molecule has 0 radical (unpaired) electrons. The molecule has 3 heteroatoms. The molecule has 1 rings (SSSR count). The number of methoxy groups -OCH3 is 1. The summed E-state index contributed by atoms with van der Waals surface area (Å²) < 4.78 is 5.04. The number of ether oxygens (including phenoxy) is 1. The number of halogens is 1. The first kappa shape index (κ1) is 11.9. The third-order valence-electron chi connectivity index (χ3n) is 1.68. The maximum atomic E-state index is 5.96. The van der Waals surface area contributed by atoms with Gasteiger partial charge in [-0.25, -0.2) is 0 Å². The van der Waals surface area contributed by atoms with Crippen molar-refractivity contribution in [2.75, 3.05) is 7.11 Å². The Morgan fingerprint density at radius 2 is 2.07 bits per heavy atom. The molecule has 1 aromatic rings. The molecule has 0 bridgehead atoms. The Bertz CT molecular complexity index is 410. The molecule has 0 aliphatic rings. The van der Waals surface area contributed by atoms with Gasteiger partial charge in [0, 0.05) is 5.56 Å². The zero-order valence-corrected chi connectivity index (χ0v) is 9.85. The predicted molar refractivity (Wildman–Crippen MR) is 63.1 cm³/mol. The molecule has 2 N–H and O–H groups in total. The van der Waals surface area contributed by atoms with E-state index in [0.717, 1.165) is 5.56 Å². The molecule has 0 aliphatic carbocycles. The summed E-state index contributed by atoms with van der Waals surface area (Å²) in [4.78, 5) is 0. The van der Waals surface area contributed by atoms with Gasteiger partial charge in [-0.15, -0.1) is 0 Å². The highest BCUT2D eigenvalue weighted by Crippen LogP contribution is 2.24. The van der Waals surface area contributed by atoms with E-state index in [0.29, 0.717) is 10.8 Å². The summed E-state index contributed by atoms with van der Waals surface area (Å²) >= 11 is 5.96. The van der Waals surface area contributed by atoms with E-state index < -0.39 is 5.54 Å². The maximum absolute atomic E-state index is 5.96. The second-order valence-corrected chi connectivity index (χ2v) is 4.23. The van der Waals surface area contributed by atoms with Crippen LogP contribution in [0.1, 0.15) is 19.4 Å². The third kappa shape index (κ3) is 3.83. The number of rotatable bonds is 1. The van der Waals surface area contributed by atoms with Crippen LogP contribution in [0.3, 0.4) is 0 Å². The van der Waals surface area contributed by atoms with Crippen molar-refractivity contribution in [1.82, 2.24) is 0 Å². The third-order valence-corrected chi connectivity index (χ3v) is 1.98. The van der Waals surface area contributed by atoms with Gasteiger partial charge in [0.25, 0.3) is 0 Å². The lowest BCUT2D eigenvalue weighted by atomic mass is 10.1. The highest BCUT2D eigenvalue weighted by atomic mass is 35.5. The molecule has 0 saturated carbocycles. The topological polar surface area (TPSA) is 35.2 Å². The Balaban J connectivity index is 2.97. The van der Waals surface area contributed by atoms with Crippen LogP contribution in [0.15, 0.2) is 18.2 Å². The highest BCUT2D eigenvalue weighted by Gasteiger charge is 2.04. The second kappa shape index (κ2) is 4.57. The molecule has 0 heterocycles. The highest BCUT2D eigenvalue weighted by molar-refractivity contribution is 6.32. The van der Waals surface area contributed by atoms with E-state index in [1.807, 2.05) is 19.9 Å². The van der Waals surface area contributed by atoms with Crippen LogP contribution >= 0.6 is 11.6 Å². The van der Waals surface area contributed by atoms with Gasteiger partial charge in [-0.2, -0.15) is 0 Å². The molecular formula is C12H14ClNO. The van der Waals surface area contributed by atoms with Crippen LogP contribution in [0, 0.1) is 11.8 Å². The summed E-state index contributed by atoms with van der Waals surface area (Å²) in [5, 5.41) is 0.555. The summed E-state index contributed by atoms with van der Waals surface area (Å²) in [5.41, 5.74) is 6.09. The predicted octanol–water partition coefficient (Wildman–Crippen LogP) is 2.44. The van der Waals surface area contributed by atoms with Crippen LogP contribution in [0.5, 0.6) is 5.75 Å². The van der Waals surface area contributed by atoms with Gasteiger partial charge in [0.1, 0.15) is 5.75 Å². The molecule has 0 spiro atoms. The van der Waals surface area contributed by atoms with Crippen LogP contribution in [0.2, 0.25) is 5.02 Å². The van der Waals surface area contributed by atoms with Crippen molar-refractivity contribution >= 4 is 11.6 Å². The standard InChI is InChI=1S/C12H14ClNO/c1-12(2,14)7-6-9-4-5-11(15-3)10(13)8-9/h4-5,8H,14H2,1-3H3. The van der Waals surface area contributed by atoms with Crippen LogP contribution in [0.4, 0.5) is 0 Å². The quantitative estimate of drug-likeness (QED) is 0.743. The maximum Gasteiger partial charge on any atom is 0.137 e. The molecule has 0 saturated heterocycles. The molecule has 0 atom stereocenters. The van der Waals surface area contributed by atoms with Gasteiger partial charge >= 0.3 is 0 Å². The molecule has 0 aromatic heterocycles. The Morgan fingerprint density at radius 1 is 1.40 bits per heavy atom. The zero-order valence-electron chi connectivity index (χ0n) is 9.10. The van der Waals surface area contributed by atoms with E-state index in [1.54, 1.807) is 19.2 Å². The van der Waals surface area contributed by atoms with E-state index in [4.69, 9.17) is 22.1 Å². The first-order valence-electron chi connectivity index (χ1n) is 4.58. The lowest BCUT2D eigenvalue weighted by Gasteiger charge is -2.07. The molecule has 15 heavy (non-hydrogen) atoms. The monoisotopic (exact) mass is 223 g/mol. The fourth-order valence-electron chi connectivity index (χ4n) is 0.977. The Kier molecular flexibility index (Phi) is 3.62. The van der Waals surface area contributed by atoms with E-state index >= 15 is 0 Å². The van der Waals surface area contributed by atoms with Crippen molar-refractivity contribution in [2.24, 2.45) is 5.73 Å². The van der Waals surface area contributed by atoms with Crippen molar-refractivity contribution in [3.63, 3.8) is 0 Å². The van der Waals surface area contributed by atoms with E-state index in [1.165, 1.54) is 0 Å². The molecule has 0 unspecified atom stereocenters. The average molecular weight is 224 g/mol. The van der Waals surface area contributed by atoms with Gasteiger partial charge in [0.15, 0.2) is 0 Å². The normalized spacial score (nSPS) is 10.5. The molecule has 1 aromatic carbocycles. The number of hydrogen-bond acceptors (Lipinski definition) is 2. The van der Waals surface area contributed by atoms with Gasteiger partial charge in [0.05, 0.1) is 17.7 Å². The fourth-order valence-corrected chi connectivity index (χ4v) is 1.24. The first-order chi connectivity index (χ1) is 6.92. The summed E-state index contributed by atoms with van der Waals surface area (Å²) in [5.74, 6) is 6.54. The lowest BCUT2D eigenvalue weighted by Crippen LogP contribution is -2.29. The molecule has 80 valence electrons. The molecule has 0 aliphatic heterocycles. The van der Waals surface area contributed by atoms with Crippen molar-refractivity contribution in [2.45, 2.75) is 19.4 Å². The Morgan fingerprint density at radius 3 is 2.53 bits per heavy atom. The summed E-state index contributed by atoms with van der Waals surface area (Å²) in [6, 6.07) is 5.40. The van der Waals surface area contributed by atoms with Gasteiger partial charge in [-0.1, -0.05) is 23.4 Å². The van der Waals surface area contributed by atoms with Crippen LogP contribution < -0.4 is 10.5 Å². The summed E-state index contributed by atoms with van der Waals surface area (Å²) in [6.45, 7) is 3.70. The van der Waals surface area contributed by atoms with E-state index in [2.05, 4.69) is 11.8 Å². The zero-order chi connectivity index (χ0) is 11.5. The number of benzene rings is 1. The number of hydrogen-bond donors (Lipinski definition) is 1. The Hall–Kier alpha value is -1.17. The Labute approximate surface area is 95.4 Å². The summed E-state index contributed by atoms with van der Waals surface area (Å²) in [6.07, 6.45) is 0. The second-order valence-electron chi connectivity index (χ2n) is 3.82. The van der Waals surface area contributed by atoms with Crippen molar-refractivity contribution < 1.29 is 4.74 Å². The van der Waals surface area contributed by atoms with Gasteiger partial charge < -0.3 is 10.5 Å². The van der Waals surface area contributed by atoms with E-state index in [-0.39, 0.29) is 0 Å². The van der Waals surface area contributed by atoms with Crippen molar-refractivity contribution in [3.05, 3.63) is 28.8 Å². The minimum Gasteiger partial charge on any atom is -0.495 e. The molecule has 0 amide bonds. The summed E-state index contributed by atoms with van der Waals surface area (Å²) in [7, 11) is 1.58. The fraction of sp³-hybridized carbons (Fsp3) is 0.333. The largest absolute Gasteiger partial charge is 0.495 e. The van der Waals surface area contributed by atoms with E-state index in [9.17, 15) is 0 Å². The molecule has 0 fully saturated rings. The SMILES string of the molecule is COc1ccc(C#CC(C)(C)N)cc1Cl. The van der Waals surface area contributed by atoms with Crippen LogP contribution in [-0.2, 0) is 0 Å². The minimum atomic E-state index is -0.494. The minimum absolute atomic E-state index is 0.494. The van der Waals surface area contributed by atoms with Crippen molar-refractivity contribution in [3.8, 4) is 17.6 Å². The lowest BCUT2D eigenvalue weighted by molar-refractivity contribution is 0.415.